The van der Waals surface area contributed by atoms with Gasteiger partial charge in [0, 0.05) is 51.0 Å². The number of carbonyl (C=O) groups is 3. The molecule has 1 aromatic rings. The summed E-state index contributed by atoms with van der Waals surface area (Å²) >= 11 is 0. The van der Waals surface area contributed by atoms with Gasteiger partial charge in [0.1, 0.15) is 0 Å². The second kappa shape index (κ2) is 6.30. The van der Waals surface area contributed by atoms with Crippen molar-refractivity contribution in [3.63, 3.8) is 0 Å². The average Bonchev–Trinajstić information content (AvgIpc) is 3.26. The highest BCUT2D eigenvalue weighted by Gasteiger charge is 2.48. The Balaban J connectivity index is 1.52. The predicted octanol–water partition coefficient (Wildman–Crippen LogP) is 1.30. The third-order valence-electron chi connectivity index (χ3n) is 5.85. The number of benzene rings is 1. The molecule has 1 N–H and O–H groups in total. The van der Waals surface area contributed by atoms with Crippen LogP contribution in [0.25, 0.3) is 0 Å². The molecule has 4 amide bonds. The largest absolute Gasteiger partial charge is 0.345 e. The van der Waals surface area contributed by atoms with Crippen molar-refractivity contribution in [2.75, 3.05) is 44.7 Å². The highest BCUT2D eigenvalue weighted by atomic mass is 16.2. The fraction of sp³-hybridized carbons (Fsp3) is 0.526. The normalized spacial score (nSPS) is 26.0. The Bertz CT molecular complexity index is 765. The fourth-order valence-corrected chi connectivity index (χ4v) is 4.40. The van der Waals surface area contributed by atoms with Crippen LogP contribution in [0.2, 0.25) is 0 Å². The van der Waals surface area contributed by atoms with E-state index in [2.05, 4.69) is 5.32 Å². The number of nitrogens with zero attached hydrogens (tertiary/aromatic N) is 3. The summed E-state index contributed by atoms with van der Waals surface area (Å²) in [6.07, 6.45) is 2.58. The quantitative estimate of drug-likeness (QED) is 0.868. The second-order valence-electron chi connectivity index (χ2n) is 7.52. The maximum Gasteiger partial charge on any atom is 0.321 e. The molecule has 26 heavy (non-hydrogen) atoms. The van der Waals surface area contributed by atoms with E-state index in [1.165, 1.54) is 0 Å². The van der Waals surface area contributed by atoms with Crippen LogP contribution in [0.15, 0.2) is 24.3 Å². The molecule has 1 atom stereocenters. The van der Waals surface area contributed by atoms with Crippen molar-refractivity contribution in [2.24, 2.45) is 5.41 Å². The van der Waals surface area contributed by atoms with Gasteiger partial charge in [0.25, 0.3) is 5.91 Å². The van der Waals surface area contributed by atoms with Crippen LogP contribution in [0.5, 0.6) is 0 Å². The lowest BCUT2D eigenvalue weighted by molar-refractivity contribution is -0.143. The molecule has 3 heterocycles. The van der Waals surface area contributed by atoms with Crippen molar-refractivity contribution >= 4 is 23.5 Å². The van der Waals surface area contributed by atoms with Gasteiger partial charge in [0.2, 0.25) is 5.91 Å². The summed E-state index contributed by atoms with van der Waals surface area (Å²) in [6.45, 7) is 3.11. The average molecular weight is 356 g/mol. The zero-order chi connectivity index (χ0) is 18.3. The summed E-state index contributed by atoms with van der Waals surface area (Å²) in [4.78, 5) is 42.7. The van der Waals surface area contributed by atoms with Gasteiger partial charge in [-0.2, -0.15) is 0 Å². The van der Waals surface area contributed by atoms with Crippen LogP contribution in [0.4, 0.5) is 10.5 Å². The van der Waals surface area contributed by atoms with Crippen molar-refractivity contribution in [1.29, 1.82) is 0 Å². The number of likely N-dealkylation sites (tertiary alicyclic amines) is 2. The van der Waals surface area contributed by atoms with E-state index in [1.54, 1.807) is 32.9 Å². The topological polar surface area (TPSA) is 73.0 Å². The Hall–Kier alpha value is -2.57. The second-order valence-corrected chi connectivity index (χ2v) is 7.52. The summed E-state index contributed by atoms with van der Waals surface area (Å²) < 4.78 is 0. The predicted molar refractivity (Wildman–Crippen MR) is 97.0 cm³/mol. The fourth-order valence-electron chi connectivity index (χ4n) is 4.40. The lowest BCUT2D eigenvalue weighted by Crippen LogP contribution is -2.48. The van der Waals surface area contributed by atoms with E-state index in [0.717, 1.165) is 31.5 Å². The molecule has 0 aliphatic carbocycles. The highest BCUT2D eigenvalue weighted by Crippen LogP contribution is 2.40. The van der Waals surface area contributed by atoms with Gasteiger partial charge < -0.3 is 15.1 Å². The van der Waals surface area contributed by atoms with E-state index in [4.69, 9.17) is 0 Å². The van der Waals surface area contributed by atoms with Gasteiger partial charge in [-0.15, -0.1) is 0 Å². The molecule has 0 bridgehead atoms. The lowest BCUT2D eigenvalue weighted by atomic mass is 9.78. The first-order chi connectivity index (χ1) is 12.5. The number of hydrogen-bond acceptors (Lipinski definition) is 3. The standard InChI is InChI=1S/C19H24N4O3/c1-21-9-3-6-19(17(21)25)7-10-22(13-19)16(24)14-4-2-5-15(12-14)23-11-8-20-18(23)26/h2,4-5,12H,3,6-11,13H2,1H3,(H,20,26)/t19-/m0/s1. The van der Waals surface area contributed by atoms with Crippen LogP contribution in [-0.4, -0.2) is 67.4 Å². The number of anilines is 1. The van der Waals surface area contributed by atoms with Crippen molar-refractivity contribution in [3.8, 4) is 0 Å². The van der Waals surface area contributed by atoms with Gasteiger partial charge in [-0.25, -0.2) is 4.79 Å². The molecule has 0 saturated carbocycles. The molecule has 138 valence electrons. The van der Waals surface area contributed by atoms with Gasteiger partial charge >= 0.3 is 6.03 Å². The van der Waals surface area contributed by atoms with Crippen LogP contribution in [0, 0.1) is 5.41 Å². The van der Waals surface area contributed by atoms with E-state index in [9.17, 15) is 14.4 Å². The molecule has 0 aromatic heterocycles. The third-order valence-corrected chi connectivity index (χ3v) is 5.85. The summed E-state index contributed by atoms with van der Waals surface area (Å²) in [5, 5.41) is 2.77. The molecule has 4 rings (SSSR count). The first kappa shape index (κ1) is 16.9. The van der Waals surface area contributed by atoms with Crippen molar-refractivity contribution in [1.82, 2.24) is 15.1 Å². The van der Waals surface area contributed by atoms with Crippen LogP contribution < -0.4 is 10.2 Å². The zero-order valence-corrected chi connectivity index (χ0v) is 15.0. The van der Waals surface area contributed by atoms with Crippen LogP contribution in [0.3, 0.4) is 0 Å². The lowest BCUT2D eigenvalue weighted by Gasteiger charge is -2.37. The summed E-state index contributed by atoms with van der Waals surface area (Å²) in [6, 6.07) is 7.06. The van der Waals surface area contributed by atoms with Gasteiger partial charge in [-0.05, 0) is 37.5 Å². The molecule has 0 unspecified atom stereocenters. The van der Waals surface area contributed by atoms with Gasteiger partial charge in [0.05, 0.1) is 5.41 Å². The number of piperidine rings is 1. The molecular formula is C19H24N4O3. The van der Waals surface area contributed by atoms with E-state index >= 15 is 0 Å². The highest BCUT2D eigenvalue weighted by molar-refractivity contribution is 5.99. The molecular weight excluding hydrogens is 332 g/mol. The minimum atomic E-state index is -0.408. The Morgan fingerprint density at radius 3 is 2.77 bits per heavy atom. The molecule has 1 aromatic carbocycles. The van der Waals surface area contributed by atoms with E-state index in [-0.39, 0.29) is 17.8 Å². The Kier molecular flexibility index (Phi) is 4.09. The monoisotopic (exact) mass is 356 g/mol. The van der Waals surface area contributed by atoms with Crippen LogP contribution in [-0.2, 0) is 4.79 Å². The van der Waals surface area contributed by atoms with E-state index in [1.807, 2.05) is 13.1 Å². The minimum absolute atomic E-state index is 0.0654. The van der Waals surface area contributed by atoms with Crippen molar-refractivity contribution in [2.45, 2.75) is 19.3 Å². The summed E-state index contributed by atoms with van der Waals surface area (Å²) in [5.74, 6) is 0.103. The van der Waals surface area contributed by atoms with Gasteiger partial charge in [-0.1, -0.05) is 6.07 Å². The van der Waals surface area contributed by atoms with E-state index < -0.39 is 5.41 Å². The van der Waals surface area contributed by atoms with Gasteiger partial charge in [-0.3, -0.25) is 14.5 Å². The first-order valence-electron chi connectivity index (χ1n) is 9.20. The number of rotatable bonds is 2. The molecule has 3 aliphatic heterocycles. The first-order valence-corrected chi connectivity index (χ1v) is 9.20. The van der Waals surface area contributed by atoms with Crippen molar-refractivity contribution < 1.29 is 14.4 Å². The number of carbonyl (C=O) groups excluding carboxylic acids is 3. The van der Waals surface area contributed by atoms with Gasteiger partial charge in [0.15, 0.2) is 0 Å². The maximum absolute atomic E-state index is 13.0. The Labute approximate surface area is 152 Å². The maximum atomic E-state index is 13.0. The molecule has 3 aliphatic rings. The van der Waals surface area contributed by atoms with Crippen molar-refractivity contribution in [3.05, 3.63) is 29.8 Å². The third kappa shape index (κ3) is 2.71. The molecule has 3 saturated heterocycles. The molecule has 0 radical (unpaired) electrons. The summed E-state index contributed by atoms with van der Waals surface area (Å²) in [7, 11) is 1.85. The summed E-state index contributed by atoms with van der Waals surface area (Å²) in [5.41, 5.74) is 0.888. The number of nitrogens with one attached hydrogen (secondary N) is 1. The van der Waals surface area contributed by atoms with Crippen LogP contribution in [0.1, 0.15) is 29.6 Å². The number of urea groups is 1. The van der Waals surface area contributed by atoms with Crippen LogP contribution >= 0.6 is 0 Å². The molecule has 3 fully saturated rings. The molecule has 1 spiro atoms. The zero-order valence-electron chi connectivity index (χ0n) is 15.0. The Morgan fingerprint density at radius 2 is 2.00 bits per heavy atom. The molecule has 7 nitrogen and oxygen atoms in total. The SMILES string of the molecule is CN1CCC[C@@]2(CCN(C(=O)c3cccc(N4CCNC4=O)c3)C2)C1=O. The Morgan fingerprint density at radius 1 is 1.15 bits per heavy atom. The smallest absolute Gasteiger partial charge is 0.321 e. The minimum Gasteiger partial charge on any atom is -0.345 e. The van der Waals surface area contributed by atoms with E-state index in [0.29, 0.717) is 31.7 Å². The molecule has 7 heteroatoms. The number of amides is 4. The number of hydrogen-bond donors (Lipinski definition) is 1.